The fourth-order valence-corrected chi connectivity index (χ4v) is 2.80. The first-order valence-corrected chi connectivity index (χ1v) is 8.67. The molecule has 1 amide bonds. The highest BCUT2D eigenvalue weighted by atomic mass is 32.2. The van der Waals surface area contributed by atoms with Gasteiger partial charge in [-0.2, -0.15) is 4.68 Å². The van der Waals surface area contributed by atoms with Crippen molar-refractivity contribution in [2.75, 3.05) is 19.8 Å². The van der Waals surface area contributed by atoms with Crippen molar-refractivity contribution in [3.05, 3.63) is 29.3 Å². The predicted octanol–water partition coefficient (Wildman–Crippen LogP) is 1.39. The van der Waals surface area contributed by atoms with Crippen molar-refractivity contribution < 1.29 is 14.3 Å². The van der Waals surface area contributed by atoms with Gasteiger partial charge in [0.05, 0.1) is 11.4 Å². The number of hydrogen-bond acceptors (Lipinski definition) is 7. The molecule has 2 aromatic rings. The maximum Gasteiger partial charge on any atom is 0.317 e. The quantitative estimate of drug-likeness (QED) is 0.566. The third-order valence-electron chi connectivity index (χ3n) is 3.45. The Morgan fingerprint density at radius 3 is 2.72 bits per heavy atom. The Labute approximate surface area is 150 Å². The molecule has 0 N–H and O–H groups in total. The largest absolute Gasteiger partial charge is 0.452 e. The van der Waals surface area contributed by atoms with E-state index in [2.05, 4.69) is 15.5 Å². The maximum atomic E-state index is 12.0. The first-order valence-electron chi connectivity index (χ1n) is 7.69. The van der Waals surface area contributed by atoms with Crippen molar-refractivity contribution in [2.45, 2.75) is 32.0 Å². The number of likely N-dealkylation sites (N-methyl/N-ethyl adjacent to an activating group) is 1. The van der Waals surface area contributed by atoms with E-state index >= 15 is 0 Å². The molecule has 0 saturated heterocycles. The van der Waals surface area contributed by atoms with E-state index in [-0.39, 0.29) is 11.7 Å². The van der Waals surface area contributed by atoms with Gasteiger partial charge in [0, 0.05) is 14.1 Å². The number of tetrazole rings is 1. The van der Waals surface area contributed by atoms with Crippen molar-refractivity contribution in [1.29, 1.82) is 0 Å². The van der Waals surface area contributed by atoms with E-state index in [1.165, 1.54) is 4.90 Å². The molecular formula is C16H21N5O3S. The van der Waals surface area contributed by atoms with Gasteiger partial charge in [0.15, 0.2) is 6.10 Å². The number of aromatic nitrogens is 4. The molecule has 25 heavy (non-hydrogen) atoms. The molecule has 1 heterocycles. The standard InChI is InChI=1S/C16H21N5O3S/c1-10-6-7-11(2)13(8-10)21-16(17-18-19-21)25-9-14(22)24-12(3)15(23)20(4)5/h6-8,12H,9H2,1-5H3/t12-/m0/s1. The number of rotatable bonds is 6. The molecule has 1 aromatic heterocycles. The van der Waals surface area contributed by atoms with Crippen LogP contribution in [0.1, 0.15) is 18.1 Å². The Morgan fingerprint density at radius 2 is 2.04 bits per heavy atom. The molecule has 1 aromatic carbocycles. The molecule has 0 aliphatic heterocycles. The Balaban J connectivity index is 2.03. The number of hydrogen-bond donors (Lipinski definition) is 0. The molecule has 0 aliphatic carbocycles. The van der Waals surface area contributed by atoms with Gasteiger partial charge in [-0.05, 0) is 48.4 Å². The summed E-state index contributed by atoms with van der Waals surface area (Å²) in [5, 5.41) is 12.1. The third kappa shape index (κ3) is 4.79. The minimum atomic E-state index is -0.821. The molecule has 0 unspecified atom stereocenters. The molecule has 0 spiro atoms. The van der Waals surface area contributed by atoms with Gasteiger partial charge >= 0.3 is 5.97 Å². The average molecular weight is 363 g/mol. The van der Waals surface area contributed by atoms with Gasteiger partial charge in [0.2, 0.25) is 5.16 Å². The van der Waals surface area contributed by atoms with Crippen molar-refractivity contribution in [3.63, 3.8) is 0 Å². The second-order valence-electron chi connectivity index (χ2n) is 5.82. The Morgan fingerprint density at radius 1 is 1.32 bits per heavy atom. The van der Waals surface area contributed by atoms with E-state index in [9.17, 15) is 9.59 Å². The maximum absolute atomic E-state index is 12.0. The highest BCUT2D eigenvalue weighted by Gasteiger charge is 2.20. The van der Waals surface area contributed by atoms with Crippen LogP contribution in [0.4, 0.5) is 0 Å². The summed E-state index contributed by atoms with van der Waals surface area (Å²) in [6, 6.07) is 5.98. The van der Waals surface area contributed by atoms with Crippen LogP contribution in [0.5, 0.6) is 0 Å². The van der Waals surface area contributed by atoms with E-state index in [0.717, 1.165) is 28.6 Å². The van der Waals surface area contributed by atoms with Crippen molar-refractivity contribution in [3.8, 4) is 5.69 Å². The van der Waals surface area contributed by atoms with E-state index < -0.39 is 12.1 Å². The summed E-state index contributed by atoms with van der Waals surface area (Å²) in [4.78, 5) is 25.1. The van der Waals surface area contributed by atoms with Crippen LogP contribution >= 0.6 is 11.8 Å². The van der Waals surface area contributed by atoms with E-state index in [4.69, 9.17) is 4.74 Å². The highest BCUT2D eigenvalue weighted by Crippen LogP contribution is 2.21. The molecular weight excluding hydrogens is 342 g/mol. The van der Waals surface area contributed by atoms with Gasteiger partial charge in [0.1, 0.15) is 0 Å². The topological polar surface area (TPSA) is 90.2 Å². The van der Waals surface area contributed by atoms with Crippen molar-refractivity contribution in [1.82, 2.24) is 25.1 Å². The summed E-state index contributed by atoms with van der Waals surface area (Å²) < 4.78 is 6.72. The normalized spacial score (nSPS) is 11.9. The number of nitrogens with zero attached hydrogens (tertiary/aromatic N) is 5. The number of thioether (sulfide) groups is 1. The lowest BCUT2D eigenvalue weighted by atomic mass is 10.1. The van der Waals surface area contributed by atoms with E-state index in [1.807, 2.05) is 32.0 Å². The predicted molar refractivity (Wildman–Crippen MR) is 93.6 cm³/mol. The zero-order chi connectivity index (χ0) is 18.6. The van der Waals surface area contributed by atoms with Crippen molar-refractivity contribution in [2.24, 2.45) is 0 Å². The number of aryl methyl sites for hydroxylation is 2. The smallest absolute Gasteiger partial charge is 0.317 e. The first kappa shape index (κ1) is 18.9. The number of carbonyl (C=O) groups is 2. The van der Waals surface area contributed by atoms with Gasteiger partial charge in [-0.1, -0.05) is 23.9 Å². The van der Waals surface area contributed by atoms with E-state index in [1.54, 1.807) is 25.7 Å². The molecule has 1 atom stereocenters. The highest BCUT2D eigenvalue weighted by molar-refractivity contribution is 7.99. The molecule has 0 aliphatic rings. The van der Waals surface area contributed by atoms with E-state index in [0.29, 0.717) is 5.16 Å². The second kappa shape index (κ2) is 8.11. The molecule has 0 fully saturated rings. The van der Waals surface area contributed by atoms with Crippen molar-refractivity contribution >= 4 is 23.6 Å². The lowest BCUT2D eigenvalue weighted by molar-refractivity contribution is -0.155. The zero-order valence-corrected chi connectivity index (χ0v) is 15.7. The summed E-state index contributed by atoms with van der Waals surface area (Å²) in [5.41, 5.74) is 2.96. The van der Waals surface area contributed by atoms with Gasteiger partial charge in [-0.3, -0.25) is 9.59 Å². The van der Waals surface area contributed by atoms with Crippen LogP contribution in [0.15, 0.2) is 23.4 Å². The summed E-state index contributed by atoms with van der Waals surface area (Å²) in [5.74, 6) is -0.752. The fourth-order valence-electron chi connectivity index (χ4n) is 2.14. The average Bonchev–Trinajstić information content (AvgIpc) is 3.02. The number of benzene rings is 1. The summed E-state index contributed by atoms with van der Waals surface area (Å²) >= 11 is 1.16. The monoisotopic (exact) mass is 363 g/mol. The van der Waals surface area contributed by atoms with Crippen LogP contribution in [0.3, 0.4) is 0 Å². The molecule has 0 saturated carbocycles. The first-order chi connectivity index (χ1) is 11.8. The molecule has 0 radical (unpaired) electrons. The SMILES string of the molecule is Cc1ccc(C)c(-n2nnnc2SCC(=O)O[C@@H](C)C(=O)N(C)C)c1. The lowest BCUT2D eigenvalue weighted by Crippen LogP contribution is -2.35. The lowest BCUT2D eigenvalue weighted by Gasteiger charge is -2.17. The third-order valence-corrected chi connectivity index (χ3v) is 4.34. The minimum absolute atomic E-state index is 0.0102. The number of carbonyl (C=O) groups excluding carboxylic acids is 2. The fraction of sp³-hybridized carbons (Fsp3) is 0.438. The molecule has 9 heteroatoms. The second-order valence-corrected chi connectivity index (χ2v) is 6.76. The van der Waals surface area contributed by atoms with Gasteiger partial charge in [-0.25, -0.2) is 0 Å². The summed E-state index contributed by atoms with van der Waals surface area (Å²) in [7, 11) is 3.22. The Bertz CT molecular complexity index is 775. The van der Waals surface area contributed by atoms with Crippen LogP contribution in [-0.4, -0.2) is 62.9 Å². The summed E-state index contributed by atoms with van der Waals surface area (Å²) in [6.45, 7) is 5.50. The zero-order valence-electron chi connectivity index (χ0n) is 14.9. The molecule has 2 rings (SSSR count). The van der Waals surface area contributed by atoms with Crippen LogP contribution < -0.4 is 0 Å². The Kier molecular flexibility index (Phi) is 6.13. The van der Waals surface area contributed by atoms with Gasteiger partial charge in [-0.15, -0.1) is 5.10 Å². The van der Waals surface area contributed by atoms with Crippen LogP contribution in [0.25, 0.3) is 5.69 Å². The summed E-state index contributed by atoms with van der Waals surface area (Å²) in [6.07, 6.45) is -0.821. The molecule has 0 bridgehead atoms. The number of ether oxygens (including phenoxy) is 1. The van der Waals surface area contributed by atoms with Crippen LogP contribution in [0.2, 0.25) is 0 Å². The molecule has 134 valence electrons. The number of esters is 1. The number of amides is 1. The minimum Gasteiger partial charge on any atom is -0.452 e. The van der Waals surface area contributed by atoms with Gasteiger partial charge in [0.25, 0.3) is 5.91 Å². The Hall–Kier alpha value is -2.42. The van der Waals surface area contributed by atoms with Crippen LogP contribution in [-0.2, 0) is 14.3 Å². The van der Waals surface area contributed by atoms with Crippen LogP contribution in [0, 0.1) is 13.8 Å². The molecule has 8 nitrogen and oxygen atoms in total. The van der Waals surface area contributed by atoms with Gasteiger partial charge < -0.3 is 9.64 Å².